The van der Waals surface area contributed by atoms with Gasteiger partial charge in [0.2, 0.25) is 18.6 Å². The van der Waals surface area contributed by atoms with Crippen LogP contribution >= 0.6 is 0 Å². The summed E-state index contributed by atoms with van der Waals surface area (Å²) in [7, 11) is 2.44. The molecule has 1 fully saturated rings. The second kappa shape index (κ2) is 8.58. The Labute approximate surface area is 183 Å². The number of nitrogens with zero attached hydrogens (tertiary/aromatic N) is 1. The molecule has 166 valence electrons. The Kier molecular flexibility index (Phi) is 5.67. The maximum absolute atomic E-state index is 12.9. The molecule has 2 aliphatic rings. The van der Waals surface area contributed by atoms with Crippen LogP contribution in [0.25, 0.3) is 0 Å². The van der Waals surface area contributed by atoms with Gasteiger partial charge in [-0.2, -0.15) is 0 Å². The number of methoxy groups -OCH3 is 2. The number of rotatable bonds is 5. The van der Waals surface area contributed by atoms with Crippen LogP contribution in [0.15, 0.2) is 36.4 Å². The third-order valence-corrected chi connectivity index (χ3v) is 5.27. The molecule has 2 aromatic rings. The third kappa shape index (κ3) is 3.94. The van der Waals surface area contributed by atoms with Crippen LogP contribution < -0.4 is 19.7 Å². The molecule has 1 atom stereocenters. The summed E-state index contributed by atoms with van der Waals surface area (Å²) in [6, 6.07) is 9.22. The van der Waals surface area contributed by atoms with Gasteiger partial charge >= 0.3 is 11.9 Å². The van der Waals surface area contributed by atoms with Crippen molar-refractivity contribution in [3.8, 4) is 11.5 Å². The van der Waals surface area contributed by atoms with Gasteiger partial charge in [-0.05, 0) is 30.3 Å². The van der Waals surface area contributed by atoms with Gasteiger partial charge in [0.1, 0.15) is 0 Å². The summed E-state index contributed by atoms with van der Waals surface area (Å²) >= 11 is 0. The summed E-state index contributed by atoms with van der Waals surface area (Å²) < 4.78 is 20.1. The lowest BCUT2D eigenvalue weighted by atomic mass is 10.1. The molecule has 0 bridgehead atoms. The molecular weight excluding hydrogens is 420 g/mol. The third-order valence-electron chi connectivity index (χ3n) is 5.27. The first-order chi connectivity index (χ1) is 15.4. The van der Waals surface area contributed by atoms with E-state index in [1.165, 1.54) is 37.3 Å². The molecule has 10 nitrogen and oxygen atoms in total. The molecule has 0 aliphatic carbocycles. The molecule has 0 saturated carbocycles. The van der Waals surface area contributed by atoms with E-state index < -0.39 is 23.8 Å². The number of carbonyl (C=O) groups is 4. The zero-order valence-electron chi connectivity index (χ0n) is 17.4. The summed E-state index contributed by atoms with van der Waals surface area (Å²) in [5, 5.41) is 2.65. The highest BCUT2D eigenvalue weighted by Gasteiger charge is 2.36. The molecule has 1 N–H and O–H groups in total. The predicted molar refractivity (Wildman–Crippen MR) is 111 cm³/mol. The van der Waals surface area contributed by atoms with Gasteiger partial charge in [0.15, 0.2) is 11.5 Å². The minimum Gasteiger partial charge on any atom is -0.465 e. The van der Waals surface area contributed by atoms with E-state index in [1.807, 2.05) is 0 Å². The molecule has 32 heavy (non-hydrogen) atoms. The van der Waals surface area contributed by atoms with Crippen molar-refractivity contribution in [2.75, 3.05) is 37.8 Å². The molecule has 2 heterocycles. The van der Waals surface area contributed by atoms with Crippen molar-refractivity contribution in [2.45, 2.75) is 6.42 Å². The van der Waals surface area contributed by atoms with Gasteiger partial charge in [0.25, 0.3) is 0 Å². The molecule has 0 spiro atoms. The second-order valence-electron chi connectivity index (χ2n) is 7.18. The fourth-order valence-electron chi connectivity index (χ4n) is 3.60. The molecule has 2 aromatic carbocycles. The minimum absolute atomic E-state index is 0.00940. The monoisotopic (exact) mass is 440 g/mol. The SMILES string of the molecule is COC(=O)c1ccc(C(=O)OC)c(NC(=O)C2CC(=O)N(c3ccc4c(c3)OCO4)C2)c1. The smallest absolute Gasteiger partial charge is 0.339 e. The fraction of sp³-hybridized carbons (Fsp3) is 0.273. The number of ether oxygens (including phenoxy) is 4. The fourth-order valence-corrected chi connectivity index (χ4v) is 3.60. The summed E-state index contributed by atoms with van der Waals surface area (Å²) in [5.74, 6) is -1.53. The first kappa shape index (κ1) is 21.2. The largest absolute Gasteiger partial charge is 0.465 e. The molecule has 2 aliphatic heterocycles. The van der Waals surface area contributed by atoms with Crippen molar-refractivity contribution in [2.24, 2.45) is 5.92 Å². The summed E-state index contributed by atoms with van der Waals surface area (Å²) in [6.07, 6.45) is -0.00940. The van der Waals surface area contributed by atoms with Gasteiger partial charge < -0.3 is 29.2 Å². The van der Waals surface area contributed by atoms with E-state index >= 15 is 0 Å². The maximum atomic E-state index is 12.9. The van der Waals surface area contributed by atoms with Crippen LogP contribution in [0.1, 0.15) is 27.1 Å². The normalized spacial score (nSPS) is 16.6. The van der Waals surface area contributed by atoms with Gasteiger partial charge in [0, 0.05) is 24.7 Å². The van der Waals surface area contributed by atoms with Crippen molar-refractivity contribution in [1.29, 1.82) is 0 Å². The average molecular weight is 440 g/mol. The van der Waals surface area contributed by atoms with E-state index in [9.17, 15) is 19.2 Å². The molecule has 4 rings (SSSR count). The van der Waals surface area contributed by atoms with Crippen molar-refractivity contribution in [3.63, 3.8) is 0 Å². The average Bonchev–Trinajstić information content (AvgIpc) is 3.43. The summed E-state index contributed by atoms with van der Waals surface area (Å²) in [5.41, 5.74) is 0.918. The number of hydrogen-bond donors (Lipinski definition) is 1. The van der Waals surface area contributed by atoms with E-state index in [-0.39, 0.29) is 42.5 Å². The number of nitrogens with one attached hydrogen (secondary N) is 1. The van der Waals surface area contributed by atoms with Crippen molar-refractivity contribution >= 4 is 35.1 Å². The molecule has 0 aromatic heterocycles. The van der Waals surface area contributed by atoms with E-state index in [4.69, 9.17) is 18.9 Å². The van der Waals surface area contributed by atoms with Crippen LogP contribution in [0.3, 0.4) is 0 Å². The van der Waals surface area contributed by atoms with Gasteiger partial charge in [-0.1, -0.05) is 0 Å². The summed E-state index contributed by atoms with van der Waals surface area (Å²) in [4.78, 5) is 51.0. The van der Waals surface area contributed by atoms with Crippen LogP contribution in [0.4, 0.5) is 11.4 Å². The minimum atomic E-state index is -0.679. The van der Waals surface area contributed by atoms with Gasteiger partial charge in [-0.25, -0.2) is 9.59 Å². The lowest BCUT2D eigenvalue weighted by Gasteiger charge is -2.17. The molecule has 0 radical (unpaired) electrons. The Bertz CT molecular complexity index is 1110. The first-order valence-electron chi connectivity index (χ1n) is 9.73. The lowest BCUT2D eigenvalue weighted by molar-refractivity contribution is -0.122. The van der Waals surface area contributed by atoms with Gasteiger partial charge in [0.05, 0.1) is 37.0 Å². The topological polar surface area (TPSA) is 120 Å². The first-order valence-corrected chi connectivity index (χ1v) is 9.73. The molecule has 10 heteroatoms. The Morgan fingerprint density at radius 2 is 1.75 bits per heavy atom. The quantitative estimate of drug-likeness (QED) is 0.701. The Morgan fingerprint density at radius 1 is 1.00 bits per heavy atom. The van der Waals surface area contributed by atoms with Crippen molar-refractivity contribution in [1.82, 2.24) is 0 Å². The number of hydrogen-bond acceptors (Lipinski definition) is 8. The van der Waals surface area contributed by atoms with Gasteiger partial charge in [-0.15, -0.1) is 0 Å². The van der Waals surface area contributed by atoms with Crippen LogP contribution in [0.5, 0.6) is 11.5 Å². The Hall–Kier alpha value is -4.08. The number of fused-ring (bicyclic) bond motifs is 1. The van der Waals surface area contributed by atoms with Crippen LogP contribution in [-0.4, -0.2) is 51.3 Å². The number of esters is 2. The maximum Gasteiger partial charge on any atom is 0.339 e. The van der Waals surface area contributed by atoms with Gasteiger partial charge in [-0.3, -0.25) is 9.59 Å². The number of benzene rings is 2. The zero-order valence-corrected chi connectivity index (χ0v) is 17.4. The molecule has 1 saturated heterocycles. The van der Waals surface area contributed by atoms with Crippen LogP contribution in [-0.2, 0) is 19.1 Å². The van der Waals surface area contributed by atoms with Crippen LogP contribution in [0.2, 0.25) is 0 Å². The zero-order chi connectivity index (χ0) is 22.8. The van der Waals surface area contributed by atoms with Crippen molar-refractivity contribution < 1.29 is 38.1 Å². The summed E-state index contributed by atoms with van der Waals surface area (Å²) in [6.45, 7) is 0.263. The van der Waals surface area contributed by atoms with Crippen LogP contribution in [0, 0.1) is 5.92 Å². The Balaban J connectivity index is 1.53. The number of carbonyl (C=O) groups excluding carboxylic acids is 4. The lowest BCUT2D eigenvalue weighted by Crippen LogP contribution is -2.28. The van der Waals surface area contributed by atoms with E-state index in [2.05, 4.69) is 5.32 Å². The number of anilines is 2. The molecule has 2 amide bonds. The highest BCUT2D eigenvalue weighted by Crippen LogP contribution is 2.37. The van der Waals surface area contributed by atoms with E-state index in [0.717, 1.165) is 0 Å². The number of amides is 2. The highest BCUT2D eigenvalue weighted by atomic mass is 16.7. The molecular formula is C22H20N2O8. The van der Waals surface area contributed by atoms with Crippen molar-refractivity contribution in [3.05, 3.63) is 47.5 Å². The molecule has 1 unspecified atom stereocenters. The standard InChI is InChI=1S/C22H20N2O8/c1-29-21(27)12-3-5-15(22(28)30-2)16(7-12)23-20(26)13-8-19(25)24(10-13)14-4-6-17-18(9-14)32-11-31-17/h3-7,9,13H,8,10-11H2,1-2H3,(H,23,26). The van der Waals surface area contributed by atoms with E-state index in [0.29, 0.717) is 17.2 Å². The highest BCUT2D eigenvalue weighted by molar-refractivity contribution is 6.07. The van der Waals surface area contributed by atoms with E-state index in [1.54, 1.807) is 18.2 Å². The Morgan fingerprint density at radius 3 is 2.50 bits per heavy atom. The predicted octanol–water partition coefficient (Wildman–Crippen LogP) is 1.98. The second-order valence-corrected chi connectivity index (χ2v) is 7.18.